The van der Waals surface area contributed by atoms with Crippen LogP contribution in [0.1, 0.15) is 56.4 Å². The van der Waals surface area contributed by atoms with Gasteiger partial charge in [0.2, 0.25) is 0 Å². The van der Waals surface area contributed by atoms with Crippen molar-refractivity contribution in [3.05, 3.63) is 63.0 Å². The first-order chi connectivity index (χ1) is 17.9. The number of aromatic nitrogens is 3. The molecule has 1 aromatic carbocycles. The molecule has 0 spiro atoms. The SMILES string of the molecule is COc1ccc(CCn2c(C)cc(C(=O)CSc3nc(C)nc4sc5c(c34)CCCC5)c2C)cc1OC. The van der Waals surface area contributed by atoms with Gasteiger partial charge in [0.25, 0.3) is 0 Å². The van der Waals surface area contributed by atoms with Crippen LogP contribution in [-0.4, -0.2) is 40.3 Å². The molecule has 0 bridgehead atoms. The summed E-state index contributed by atoms with van der Waals surface area (Å²) in [7, 11) is 3.29. The van der Waals surface area contributed by atoms with Crippen LogP contribution in [0.3, 0.4) is 0 Å². The zero-order chi connectivity index (χ0) is 26.1. The predicted octanol–water partition coefficient (Wildman–Crippen LogP) is 6.53. The zero-order valence-electron chi connectivity index (χ0n) is 22.1. The van der Waals surface area contributed by atoms with Gasteiger partial charge in [0.15, 0.2) is 17.3 Å². The molecule has 0 N–H and O–H groups in total. The van der Waals surface area contributed by atoms with Crippen LogP contribution in [0.4, 0.5) is 0 Å². The second-order valence-electron chi connectivity index (χ2n) is 9.55. The molecule has 0 saturated heterocycles. The summed E-state index contributed by atoms with van der Waals surface area (Å²) < 4.78 is 13.0. The number of carbonyl (C=O) groups is 1. The van der Waals surface area contributed by atoms with E-state index in [2.05, 4.69) is 17.6 Å². The van der Waals surface area contributed by atoms with Gasteiger partial charge in [-0.15, -0.1) is 11.3 Å². The first kappa shape index (κ1) is 25.8. The predicted molar refractivity (Wildman–Crippen MR) is 151 cm³/mol. The maximum Gasteiger partial charge on any atom is 0.174 e. The van der Waals surface area contributed by atoms with Crippen LogP contribution >= 0.6 is 23.1 Å². The van der Waals surface area contributed by atoms with E-state index in [4.69, 9.17) is 19.4 Å². The van der Waals surface area contributed by atoms with Crippen molar-refractivity contribution in [1.82, 2.24) is 14.5 Å². The summed E-state index contributed by atoms with van der Waals surface area (Å²) in [6.45, 7) is 6.85. The fraction of sp³-hybridized carbons (Fsp3) is 0.414. The number of Topliss-reactive ketones (excluding diaryl/α,β-unsaturated/α-hetero) is 1. The van der Waals surface area contributed by atoms with E-state index in [0.29, 0.717) is 5.75 Å². The lowest BCUT2D eigenvalue weighted by atomic mass is 9.97. The summed E-state index contributed by atoms with van der Waals surface area (Å²) in [4.78, 5) is 25.4. The first-order valence-electron chi connectivity index (χ1n) is 12.7. The maximum atomic E-state index is 13.4. The number of ether oxygens (including phenoxy) is 2. The number of rotatable bonds is 9. The molecule has 0 radical (unpaired) electrons. The van der Waals surface area contributed by atoms with E-state index >= 15 is 0 Å². The molecule has 0 unspecified atom stereocenters. The number of thioether (sulfide) groups is 1. The van der Waals surface area contributed by atoms with E-state index in [1.54, 1.807) is 37.3 Å². The fourth-order valence-electron chi connectivity index (χ4n) is 5.25. The quantitative estimate of drug-likeness (QED) is 0.138. The molecule has 0 amide bonds. The molecule has 8 heteroatoms. The highest BCUT2D eigenvalue weighted by Gasteiger charge is 2.22. The van der Waals surface area contributed by atoms with Crippen LogP contribution in [0.15, 0.2) is 29.3 Å². The van der Waals surface area contributed by atoms with Gasteiger partial charge in [0, 0.05) is 33.8 Å². The van der Waals surface area contributed by atoms with Crippen LogP contribution < -0.4 is 9.47 Å². The fourth-order valence-corrected chi connectivity index (χ4v) is 7.60. The molecule has 4 aromatic rings. The number of aryl methyl sites for hydroxylation is 5. The second kappa shape index (κ2) is 10.9. The standard InChI is InChI=1S/C29H33N3O3S2/c1-17-14-22(18(2)32(17)13-12-20-10-11-24(34-4)25(15-20)35-5)23(33)16-36-28-27-21-8-6-7-9-26(21)37-29(27)31-19(3)30-28/h10-11,14-15H,6-9,12-13,16H2,1-5H3. The minimum Gasteiger partial charge on any atom is -0.493 e. The maximum absolute atomic E-state index is 13.4. The van der Waals surface area contributed by atoms with Gasteiger partial charge < -0.3 is 14.0 Å². The molecule has 1 aliphatic carbocycles. The number of methoxy groups -OCH3 is 2. The summed E-state index contributed by atoms with van der Waals surface area (Å²) in [5.74, 6) is 2.74. The Kier molecular flexibility index (Phi) is 7.58. The van der Waals surface area contributed by atoms with Gasteiger partial charge in [-0.2, -0.15) is 0 Å². The Balaban J connectivity index is 1.32. The van der Waals surface area contributed by atoms with Gasteiger partial charge in [-0.05, 0) is 82.2 Å². The first-order valence-corrected chi connectivity index (χ1v) is 14.5. The summed E-state index contributed by atoms with van der Waals surface area (Å²) in [5, 5.41) is 2.14. The number of benzene rings is 1. The lowest BCUT2D eigenvalue weighted by Crippen LogP contribution is -2.09. The Labute approximate surface area is 226 Å². The third kappa shape index (κ3) is 5.14. The number of hydrogen-bond donors (Lipinski definition) is 0. The third-order valence-corrected chi connectivity index (χ3v) is 9.34. The van der Waals surface area contributed by atoms with Crippen molar-refractivity contribution in [1.29, 1.82) is 0 Å². The van der Waals surface area contributed by atoms with Crippen LogP contribution in [0.25, 0.3) is 10.2 Å². The number of ketones is 1. The minimum atomic E-state index is 0.143. The molecule has 194 valence electrons. The summed E-state index contributed by atoms with van der Waals surface area (Å²) in [6.07, 6.45) is 5.51. The van der Waals surface area contributed by atoms with E-state index in [9.17, 15) is 4.79 Å². The zero-order valence-corrected chi connectivity index (χ0v) is 23.8. The van der Waals surface area contributed by atoms with Crippen molar-refractivity contribution in [3.63, 3.8) is 0 Å². The Morgan fingerprint density at radius 1 is 1.05 bits per heavy atom. The van der Waals surface area contributed by atoms with Crippen LogP contribution in [-0.2, 0) is 25.8 Å². The molecule has 0 saturated carbocycles. The Bertz CT molecular complexity index is 1470. The van der Waals surface area contributed by atoms with Crippen LogP contribution in [0.2, 0.25) is 0 Å². The molecule has 0 aliphatic heterocycles. The van der Waals surface area contributed by atoms with Crippen molar-refractivity contribution < 1.29 is 14.3 Å². The van der Waals surface area contributed by atoms with Crippen LogP contribution in [0.5, 0.6) is 11.5 Å². The number of fused-ring (bicyclic) bond motifs is 3. The van der Waals surface area contributed by atoms with Crippen LogP contribution in [0, 0.1) is 20.8 Å². The smallest absolute Gasteiger partial charge is 0.174 e. The average Bonchev–Trinajstić information content (AvgIpc) is 3.41. The van der Waals surface area contributed by atoms with Gasteiger partial charge in [-0.25, -0.2) is 9.97 Å². The highest BCUT2D eigenvalue weighted by atomic mass is 32.2. The Morgan fingerprint density at radius 2 is 1.84 bits per heavy atom. The van der Waals surface area contributed by atoms with E-state index in [0.717, 1.165) is 75.5 Å². The highest BCUT2D eigenvalue weighted by molar-refractivity contribution is 8.00. The van der Waals surface area contributed by atoms with Crippen molar-refractivity contribution in [2.24, 2.45) is 0 Å². The normalized spacial score (nSPS) is 13.1. The molecule has 5 rings (SSSR count). The number of nitrogens with zero attached hydrogens (tertiary/aromatic N) is 3. The molecular weight excluding hydrogens is 502 g/mol. The topological polar surface area (TPSA) is 66.2 Å². The van der Waals surface area contributed by atoms with E-state index in [1.807, 2.05) is 32.0 Å². The Hall–Kier alpha value is -2.84. The van der Waals surface area contributed by atoms with E-state index in [1.165, 1.54) is 28.7 Å². The van der Waals surface area contributed by atoms with E-state index in [-0.39, 0.29) is 5.78 Å². The third-order valence-electron chi connectivity index (χ3n) is 7.18. The van der Waals surface area contributed by atoms with Crippen molar-refractivity contribution in [2.45, 2.75) is 64.4 Å². The summed E-state index contributed by atoms with van der Waals surface area (Å²) in [6, 6.07) is 8.04. The molecule has 6 nitrogen and oxygen atoms in total. The largest absolute Gasteiger partial charge is 0.493 e. The van der Waals surface area contributed by atoms with Crippen molar-refractivity contribution >= 4 is 39.1 Å². The molecule has 3 aromatic heterocycles. The highest BCUT2D eigenvalue weighted by Crippen LogP contribution is 2.40. The average molecular weight is 536 g/mol. The van der Waals surface area contributed by atoms with Gasteiger partial charge in [0.1, 0.15) is 15.7 Å². The molecule has 0 atom stereocenters. The number of thiophene rings is 1. The molecule has 1 aliphatic rings. The van der Waals surface area contributed by atoms with Gasteiger partial charge in [0.05, 0.1) is 20.0 Å². The van der Waals surface area contributed by atoms with Crippen molar-refractivity contribution in [3.8, 4) is 11.5 Å². The molecule has 0 fully saturated rings. The van der Waals surface area contributed by atoms with E-state index < -0.39 is 0 Å². The molecular formula is C29H33N3O3S2. The lowest BCUT2D eigenvalue weighted by Gasteiger charge is -2.12. The van der Waals surface area contributed by atoms with Crippen molar-refractivity contribution in [2.75, 3.05) is 20.0 Å². The lowest BCUT2D eigenvalue weighted by molar-refractivity contribution is 0.102. The number of hydrogen-bond acceptors (Lipinski definition) is 7. The second-order valence-corrected chi connectivity index (χ2v) is 11.6. The minimum absolute atomic E-state index is 0.143. The monoisotopic (exact) mass is 535 g/mol. The number of carbonyl (C=O) groups excluding carboxylic acids is 1. The van der Waals surface area contributed by atoms with Gasteiger partial charge in [-0.1, -0.05) is 17.8 Å². The van der Waals surface area contributed by atoms with Gasteiger partial charge >= 0.3 is 0 Å². The summed E-state index contributed by atoms with van der Waals surface area (Å²) >= 11 is 3.36. The molecule has 3 heterocycles. The summed E-state index contributed by atoms with van der Waals surface area (Å²) in [5.41, 5.74) is 5.48. The van der Waals surface area contributed by atoms with Gasteiger partial charge in [-0.3, -0.25) is 4.79 Å². The Morgan fingerprint density at radius 3 is 2.62 bits per heavy atom. The molecule has 37 heavy (non-hydrogen) atoms.